The summed E-state index contributed by atoms with van der Waals surface area (Å²) < 4.78 is 5.52. The fraction of sp³-hybridized carbons (Fsp3) is 1.00. The standard InChI is InChI=1S/C14H28O2/c1-2-3-4-5-6-7-9-13(15)12-14-10-8-11-16-14/h13-15H,2-12H2,1H3. The molecule has 0 amide bonds. The van der Waals surface area contributed by atoms with Crippen LogP contribution in [0.3, 0.4) is 0 Å². The molecular formula is C14H28O2. The molecule has 0 aliphatic carbocycles. The van der Waals surface area contributed by atoms with Crippen LogP contribution in [-0.4, -0.2) is 23.9 Å². The summed E-state index contributed by atoms with van der Waals surface area (Å²) in [5.41, 5.74) is 0. The normalized spacial score (nSPS) is 22.5. The lowest BCUT2D eigenvalue weighted by molar-refractivity contribution is 0.0496. The van der Waals surface area contributed by atoms with Crippen molar-refractivity contribution in [3.05, 3.63) is 0 Å². The Kier molecular flexibility index (Phi) is 7.87. The van der Waals surface area contributed by atoms with E-state index in [2.05, 4.69) is 6.92 Å². The molecule has 96 valence electrons. The Balaban J connectivity index is 1.87. The highest BCUT2D eigenvalue weighted by Gasteiger charge is 2.18. The topological polar surface area (TPSA) is 29.5 Å². The van der Waals surface area contributed by atoms with Crippen molar-refractivity contribution >= 4 is 0 Å². The zero-order valence-electron chi connectivity index (χ0n) is 10.8. The molecule has 0 saturated carbocycles. The highest BCUT2D eigenvalue weighted by Crippen LogP contribution is 2.19. The summed E-state index contributed by atoms with van der Waals surface area (Å²) in [7, 11) is 0. The molecule has 1 aliphatic heterocycles. The van der Waals surface area contributed by atoms with E-state index in [1.165, 1.54) is 44.9 Å². The minimum atomic E-state index is -0.130. The van der Waals surface area contributed by atoms with Crippen molar-refractivity contribution in [2.75, 3.05) is 6.61 Å². The van der Waals surface area contributed by atoms with Crippen molar-refractivity contribution in [1.29, 1.82) is 0 Å². The molecule has 1 aliphatic rings. The molecule has 2 unspecified atom stereocenters. The van der Waals surface area contributed by atoms with Crippen LogP contribution in [0.15, 0.2) is 0 Å². The van der Waals surface area contributed by atoms with Gasteiger partial charge in [0.25, 0.3) is 0 Å². The molecule has 0 radical (unpaired) electrons. The molecule has 2 atom stereocenters. The zero-order chi connectivity index (χ0) is 11.6. The largest absolute Gasteiger partial charge is 0.393 e. The number of rotatable bonds is 9. The summed E-state index contributed by atoms with van der Waals surface area (Å²) in [6.07, 6.45) is 12.2. The summed E-state index contributed by atoms with van der Waals surface area (Å²) in [4.78, 5) is 0. The molecule has 16 heavy (non-hydrogen) atoms. The van der Waals surface area contributed by atoms with Crippen LogP contribution in [0.4, 0.5) is 0 Å². The van der Waals surface area contributed by atoms with Crippen LogP contribution in [-0.2, 0) is 4.74 Å². The highest BCUT2D eigenvalue weighted by molar-refractivity contribution is 4.69. The third-order valence-electron chi connectivity index (χ3n) is 3.45. The van der Waals surface area contributed by atoms with Crippen molar-refractivity contribution in [3.63, 3.8) is 0 Å². The first kappa shape index (κ1) is 14.0. The van der Waals surface area contributed by atoms with Crippen LogP contribution in [0, 0.1) is 0 Å². The van der Waals surface area contributed by atoms with E-state index in [1.54, 1.807) is 0 Å². The third-order valence-corrected chi connectivity index (χ3v) is 3.45. The second-order valence-corrected chi connectivity index (χ2v) is 5.08. The fourth-order valence-corrected chi connectivity index (χ4v) is 2.41. The number of hydrogen-bond donors (Lipinski definition) is 1. The predicted molar refractivity (Wildman–Crippen MR) is 67.6 cm³/mol. The smallest absolute Gasteiger partial charge is 0.0600 e. The van der Waals surface area contributed by atoms with E-state index in [-0.39, 0.29) is 6.10 Å². The molecule has 0 spiro atoms. The van der Waals surface area contributed by atoms with Crippen LogP contribution < -0.4 is 0 Å². The number of aliphatic hydroxyl groups excluding tert-OH is 1. The minimum absolute atomic E-state index is 0.130. The van der Waals surface area contributed by atoms with Gasteiger partial charge in [0.15, 0.2) is 0 Å². The Labute approximate surface area is 100 Å². The Bertz CT molecular complexity index is 153. The van der Waals surface area contributed by atoms with Gasteiger partial charge in [0.2, 0.25) is 0 Å². The van der Waals surface area contributed by atoms with Crippen LogP contribution in [0.5, 0.6) is 0 Å². The monoisotopic (exact) mass is 228 g/mol. The molecule has 1 rings (SSSR count). The van der Waals surface area contributed by atoms with Crippen LogP contribution in [0.25, 0.3) is 0 Å². The van der Waals surface area contributed by atoms with Crippen molar-refractivity contribution in [3.8, 4) is 0 Å². The summed E-state index contributed by atoms with van der Waals surface area (Å²) >= 11 is 0. The lowest BCUT2D eigenvalue weighted by atomic mass is 10.0. The lowest BCUT2D eigenvalue weighted by Gasteiger charge is -2.14. The average molecular weight is 228 g/mol. The molecule has 0 aromatic carbocycles. The Hall–Kier alpha value is -0.0800. The fourth-order valence-electron chi connectivity index (χ4n) is 2.41. The summed E-state index contributed by atoms with van der Waals surface area (Å²) in [6.45, 7) is 3.14. The maximum absolute atomic E-state index is 9.83. The van der Waals surface area contributed by atoms with Crippen molar-refractivity contribution in [1.82, 2.24) is 0 Å². The molecule has 0 aromatic heterocycles. The number of ether oxygens (including phenoxy) is 1. The molecular weight excluding hydrogens is 200 g/mol. The van der Waals surface area contributed by atoms with Crippen molar-refractivity contribution in [2.24, 2.45) is 0 Å². The lowest BCUT2D eigenvalue weighted by Crippen LogP contribution is -2.16. The van der Waals surface area contributed by atoms with E-state index in [4.69, 9.17) is 4.74 Å². The molecule has 1 heterocycles. The summed E-state index contributed by atoms with van der Waals surface area (Å²) in [6, 6.07) is 0. The Morgan fingerprint density at radius 1 is 1.19 bits per heavy atom. The molecule has 2 nitrogen and oxygen atoms in total. The van der Waals surface area contributed by atoms with Crippen LogP contribution in [0.1, 0.15) is 71.1 Å². The summed E-state index contributed by atoms with van der Waals surface area (Å²) in [5, 5.41) is 9.83. The van der Waals surface area contributed by atoms with E-state index in [0.717, 1.165) is 25.9 Å². The third kappa shape index (κ3) is 6.49. The minimum Gasteiger partial charge on any atom is -0.393 e. The molecule has 1 fully saturated rings. The van der Waals surface area contributed by atoms with Gasteiger partial charge >= 0.3 is 0 Å². The van der Waals surface area contributed by atoms with E-state index < -0.39 is 0 Å². The number of aliphatic hydroxyl groups is 1. The van der Waals surface area contributed by atoms with Gasteiger partial charge in [-0.1, -0.05) is 45.4 Å². The van der Waals surface area contributed by atoms with Crippen molar-refractivity contribution < 1.29 is 9.84 Å². The first-order chi connectivity index (χ1) is 7.83. The quantitative estimate of drug-likeness (QED) is 0.610. The maximum Gasteiger partial charge on any atom is 0.0600 e. The van der Waals surface area contributed by atoms with E-state index in [0.29, 0.717) is 6.10 Å². The van der Waals surface area contributed by atoms with E-state index in [9.17, 15) is 5.11 Å². The SMILES string of the molecule is CCCCCCCCC(O)CC1CCCO1. The van der Waals surface area contributed by atoms with E-state index >= 15 is 0 Å². The molecule has 0 bridgehead atoms. The van der Waals surface area contributed by atoms with Gasteiger partial charge in [0, 0.05) is 6.61 Å². The van der Waals surface area contributed by atoms with Gasteiger partial charge in [-0.15, -0.1) is 0 Å². The van der Waals surface area contributed by atoms with Crippen LogP contribution >= 0.6 is 0 Å². The average Bonchev–Trinajstić information content (AvgIpc) is 2.76. The molecule has 1 N–H and O–H groups in total. The summed E-state index contributed by atoms with van der Waals surface area (Å²) in [5.74, 6) is 0. The van der Waals surface area contributed by atoms with Gasteiger partial charge in [0.05, 0.1) is 12.2 Å². The highest BCUT2D eigenvalue weighted by atomic mass is 16.5. The predicted octanol–water partition coefficient (Wildman–Crippen LogP) is 3.67. The first-order valence-corrected chi connectivity index (χ1v) is 7.12. The zero-order valence-corrected chi connectivity index (χ0v) is 10.8. The van der Waals surface area contributed by atoms with Gasteiger partial charge in [-0.3, -0.25) is 0 Å². The van der Waals surface area contributed by atoms with Gasteiger partial charge in [-0.25, -0.2) is 0 Å². The van der Waals surface area contributed by atoms with Crippen molar-refractivity contribution in [2.45, 2.75) is 83.3 Å². The van der Waals surface area contributed by atoms with Gasteiger partial charge in [-0.2, -0.15) is 0 Å². The molecule has 2 heteroatoms. The number of hydrogen-bond acceptors (Lipinski definition) is 2. The van der Waals surface area contributed by atoms with Gasteiger partial charge in [-0.05, 0) is 25.7 Å². The second kappa shape index (κ2) is 9.00. The second-order valence-electron chi connectivity index (χ2n) is 5.08. The molecule has 1 saturated heterocycles. The number of unbranched alkanes of at least 4 members (excludes halogenated alkanes) is 5. The van der Waals surface area contributed by atoms with Crippen LogP contribution in [0.2, 0.25) is 0 Å². The maximum atomic E-state index is 9.83. The Morgan fingerprint density at radius 3 is 2.62 bits per heavy atom. The van der Waals surface area contributed by atoms with E-state index in [1.807, 2.05) is 0 Å². The van der Waals surface area contributed by atoms with Gasteiger partial charge in [0.1, 0.15) is 0 Å². The Morgan fingerprint density at radius 2 is 1.94 bits per heavy atom. The van der Waals surface area contributed by atoms with Gasteiger partial charge < -0.3 is 9.84 Å². The molecule has 0 aromatic rings. The first-order valence-electron chi connectivity index (χ1n) is 7.12.